The van der Waals surface area contributed by atoms with E-state index in [-0.39, 0.29) is 0 Å². The van der Waals surface area contributed by atoms with Crippen molar-refractivity contribution < 1.29 is 13.3 Å². The number of hydrogen-bond donors (Lipinski definition) is 0. The van der Waals surface area contributed by atoms with Crippen molar-refractivity contribution in [3.8, 4) is 0 Å². The predicted octanol–water partition coefficient (Wildman–Crippen LogP) is 14.6. The van der Waals surface area contributed by atoms with Gasteiger partial charge in [0.15, 0.2) is 0 Å². The zero-order chi connectivity index (χ0) is 35.1. The molecule has 0 heterocycles. The molecule has 0 aromatic rings. The van der Waals surface area contributed by atoms with Gasteiger partial charge in [-0.2, -0.15) is 0 Å². The van der Waals surface area contributed by atoms with Gasteiger partial charge >= 0.3 is 9.28 Å². The third kappa shape index (κ3) is 35.9. The van der Waals surface area contributed by atoms with Gasteiger partial charge in [-0.3, -0.25) is 0 Å². The van der Waals surface area contributed by atoms with Crippen LogP contribution in [0.3, 0.4) is 0 Å². The Labute approximate surface area is 307 Å². The number of quaternary nitrogens is 1. The van der Waals surface area contributed by atoms with Crippen LogP contribution in [0.1, 0.15) is 240 Å². The van der Waals surface area contributed by atoms with Crippen LogP contribution in [0.4, 0.5) is 0 Å². The summed E-state index contributed by atoms with van der Waals surface area (Å²) in [4.78, 5) is 0. The van der Waals surface area contributed by atoms with Gasteiger partial charge in [0.1, 0.15) is 0 Å². The maximum absolute atomic E-state index is 5.99. The highest BCUT2D eigenvalue weighted by atomic mass is 28.3. The monoisotopic (exact) mass is 697 g/mol. The highest BCUT2D eigenvalue weighted by molar-refractivity contribution is 6.44. The summed E-state index contributed by atoms with van der Waals surface area (Å²) in [5.41, 5.74) is 0. The molecule has 0 unspecified atom stereocenters. The van der Waals surface area contributed by atoms with Crippen molar-refractivity contribution in [3.63, 3.8) is 0 Å². The van der Waals surface area contributed by atoms with E-state index in [0.717, 1.165) is 13.2 Å². The van der Waals surface area contributed by atoms with Gasteiger partial charge in [-0.05, 0) is 52.0 Å². The minimum Gasteiger partial charge on any atom is -0.397 e. The Bertz CT molecular complexity index is 546. The summed E-state index contributed by atoms with van der Waals surface area (Å²) in [6, 6.07) is 1.17. The minimum atomic E-state index is -1.47. The Morgan fingerprint density at radius 1 is 0.312 bits per heavy atom. The van der Waals surface area contributed by atoms with Crippen LogP contribution in [0.5, 0.6) is 0 Å². The molecule has 0 aliphatic heterocycles. The van der Waals surface area contributed by atoms with E-state index in [4.69, 9.17) is 8.85 Å². The van der Waals surface area contributed by atoms with Gasteiger partial charge in [0.2, 0.25) is 0 Å². The van der Waals surface area contributed by atoms with E-state index >= 15 is 0 Å². The molecule has 0 saturated carbocycles. The molecule has 0 atom stereocenters. The molecule has 290 valence electrons. The van der Waals surface area contributed by atoms with E-state index in [1.807, 2.05) is 0 Å². The molecule has 0 rings (SSSR count). The molecule has 48 heavy (non-hydrogen) atoms. The summed E-state index contributed by atoms with van der Waals surface area (Å²) in [7, 11) is 1.10. The number of rotatable bonds is 42. The largest absolute Gasteiger partial charge is 0.397 e. The first-order valence-corrected chi connectivity index (χ1v) is 24.4. The topological polar surface area (TPSA) is 18.5 Å². The Morgan fingerprint density at radius 3 is 0.792 bits per heavy atom. The smallest absolute Gasteiger partial charge is 0.321 e. The van der Waals surface area contributed by atoms with Crippen LogP contribution >= 0.6 is 0 Å². The summed E-state index contributed by atoms with van der Waals surface area (Å²) in [6.45, 7) is 14.5. The fourth-order valence-electron chi connectivity index (χ4n) is 7.64. The quantitative estimate of drug-likeness (QED) is 0.0359. The fraction of sp³-hybridized carbons (Fsp3) is 1.00. The van der Waals surface area contributed by atoms with Crippen molar-refractivity contribution in [2.24, 2.45) is 0 Å². The molecule has 0 spiro atoms. The van der Waals surface area contributed by atoms with Gasteiger partial charge in [0.25, 0.3) is 0 Å². The van der Waals surface area contributed by atoms with Crippen molar-refractivity contribution in [1.82, 2.24) is 0 Å². The van der Waals surface area contributed by atoms with Crippen molar-refractivity contribution in [3.05, 3.63) is 0 Å². The molecule has 0 aliphatic rings. The Hall–Kier alpha value is 0.0969. The van der Waals surface area contributed by atoms with Gasteiger partial charge in [-0.25, -0.2) is 0 Å². The van der Waals surface area contributed by atoms with E-state index in [0.29, 0.717) is 0 Å². The highest BCUT2D eigenvalue weighted by Gasteiger charge is 2.22. The summed E-state index contributed by atoms with van der Waals surface area (Å²) in [5, 5.41) is 0. The second kappa shape index (κ2) is 39.9. The number of nitrogens with zero attached hydrogens (tertiary/aromatic N) is 1. The summed E-state index contributed by atoms with van der Waals surface area (Å²) in [5.74, 6) is 0. The van der Waals surface area contributed by atoms with Crippen molar-refractivity contribution in [2.75, 3.05) is 39.9 Å². The second-order valence-electron chi connectivity index (χ2n) is 15.9. The summed E-state index contributed by atoms with van der Waals surface area (Å²) < 4.78 is 13.3. The minimum absolute atomic E-state index is 0.807. The van der Waals surface area contributed by atoms with Crippen molar-refractivity contribution >= 4 is 9.28 Å². The average Bonchev–Trinajstić information content (AvgIpc) is 3.08. The predicted molar refractivity (Wildman–Crippen MR) is 220 cm³/mol. The SMILES string of the molecule is CCCCCCCCCCCCCCCCCC[N+](C)(CCCCCCCCCCCCCCCCCC)CCC[SiH](OCC)OCC. The van der Waals surface area contributed by atoms with E-state index in [1.165, 1.54) is 242 Å². The lowest BCUT2D eigenvalue weighted by atomic mass is 10.0. The van der Waals surface area contributed by atoms with E-state index in [1.54, 1.807) is 0 Å². The lowest BCUT2D eigenvalue weighted by molar-refractivity contribution is -0.910. The zero-order valence-electron chi connectivity index (χ0n) is 34.4. The van der Waals surface area contributed by atoms with Crippen LogP contribution in [0, 0.1) is 0 Å². The molecule has 0 saturated heterocycles. The Balaban J connectivity index is 4.05. The van der Waals surface area contributed by atoms with Gasteiger partial charge in [0.05, 0.1) is 26.7 Å². The van der Waals surface area contributed by atoms with Crippen LogP contribution in [-0.4, -0.2) is 53.7 Å². The molecule has 0 fully saturated rings. The molecule has 0 aromatic heterocycles. The average molecular weight is 697 g/mol. The normalized spacial score (nSPS) is 12.1. The van der Waals surface area contributed by atoms with Crippen LogP contribution in [0.15, 0.2) is 0 Å². The van der Waals surface area contributed by atoms with E-state index < -0.39 is 9.28 Å². The molecular formula is C44H94NO2Si+. The fourth-order valence-corrected chi connectivity index (χ4v) is 9.33. The first kappa shape index (κ1) is 48.1. The molecule has 3 nitrogen and oxygen atoms in total. The van der Waals surface area contributed by atoms with Crippen LogP contribution in [0.2, 0.25) is 6.04 Å². The van der Waals surface area contributed by atoms with Gasteiger partial charge in [-0.1, -0.05) is 194 Å². The van der Waals surface area contributed by atoms with E-state index in [9.17, 15) is 0 Å². The standard InChI is InChI=1S/C44H94NO2Si/c1-6-10-12-14-16-18-20-22-24-26-28-30-32-34-36-38-41-45(5,43-40-44-48(46-8-3)47-9-4)42-39-37-35-33-31-29-27-25-23-21-19-17-15-13-11-7-2/h48H,6-44H2,1-5H3/q+1. The maximum Gasteiger partial charge on any atom is 0.321 e. The second-order valence-corrected chi connectivity index (χ2v) is 18.0. The van der Waals surface area contributed by atoms with Crippen molar-refractivity contribution in [1.29, 1.82) is 0 Å². The zero-order valence-corrected chi connectivity index (χ0v) is 35.6. The van der Waals surface area contributed by atoms with Crippen molar-refractivity contribution in [2.45, 2.75) is 246 Å². The van der Waals surface area contributed by atoms with Gasteiger partial charge in [-0.15, -0.1) is 0 Å². The van der Waals surface area contributed by atoms with Gasteiger partial charge in [0, 0.05) is 13.2 Å². The third-order valence-electron chi connectivity index (χ3n) is 10.9. The molecular weight excluding hydrogens is 603 g/mol. The number of hydrogen-bond acceptors (Lipinski definition) is 2. The molecule has 0 amide bonds. The van der Waals surface area contributed by atoms with Crippen LogP contribution in [0.25, 0.3) is 0 Å². The van der Waals surface area contributed by atoms with Crippen LogP contribution in [-0.2, 0) is 8.85 Å². The summed E-state index contributed by atoms with van der Waals surface area (Å²) in [6.07, 6.45) is 47.7. The highest BCUT2D eigenvalue weighted by Crippen LogP contribution is 2.18. The van der Waals surface area contributed by atoms with E-state index in [2.05, 4.69) is 34.7 Å². The molecule has 4 heteroatoms. The number of unbranched alkanes of at least 4 members (excludes halogenated alkanes) is 30. The molecule has 0 N–H and O–H groups in total. The molecule has 0 radical (unpaired) electrons. The Kier molecular flexibility index (Phi) is 40.0. The maximum atomic E-state index is 5.99. The lowest BCUT2D eigenvalue weighted by Gasteiger charge is -2.35. The first-order valence-electron chi connectivity index (χ1n) is 22.7. The summed E-state index contributed by atoms with van der Waals surface area (Å²) >= 11 is 0. The third-order valence-corrected chi connectivity index (χ3v) is 13.2. The first-order chi connectivity index (χ1) is 23.6. The van der Waals surface area contributed by atoms with Gasteiger partial charge < -0.3 is 13.3 Å². The Morgan fingerprint density at radius 2 is 0.542 bits per heavy atom. The lowest BCUT2D eigenvalue weighted by Crippen LogP contribution is -2.46. The van der Waals surface area contributed by atoms with Crippen LogP contribution < -0.4 is 0 Å². The molecule has 0 aliphatic carbocycles. The molecule has 0 bridgehead atoms. The molecule has 0 aromatic carbocycles.